The van der Waals surface area contributed by atoms with Crippen LogP contribution in [0.5, 0.6) is 5.75 Å². The molecule has 4 aromatic rings. The van der Waals surface area contributed by atoms with E-state index in [2.05, 4.69) is 4.98 Å². The highest BCUT2D eigenvalue weighted by Crippen LogP contribution is 2.33. The number of carbonyl (C=O) groups excluding carboxylic acids is 1. The van der Waals surface area contributed by atoms with E-state index in [0.29, 0.717) is 16.4 Å². The van der Waals surface area contributed by atoms with Gasteiger partial charge in [0.25, 0.3) is 5.91 Å². The van der Waals surface area contributed by atoms with E-state index < -0.39 is 10.0 Å². The molecule has 2 atom stereocenters. The molecule has 2 unspecified atom stereocenters. The number of nitrogens with zero attached hydrogens (tertiary/aromatic N) is 4. The number of pyridine rings is 1. The van der Waals surface area contributed by atoms with Crippen molar-refractivity contribution < 1.29 is 22.7 Å². The first-order chi connectivity index (χ1) is 18.2. The van der Waals surface area contributed by atoms with Gasteiger partial charge in [-0.2, -0.15) is 4.31 Å². The molecule has 0 saturated carbocycles. The zero-order valence-electron chi connectivity index (χ0n) is 21.3. The number of hydrogen-bond donors (Lipinski definition) is 0. The van der Waals surface area contributed by atoms with Crippen molar-refractivity contribution in [3.05, 3.63) is 78.1 Å². The SMILES string of the molecule is COc1ccc2sc(N(Cc3cccnc3)C(=O)c3ccc(S(=O)(=O)N4CC(C)OC(C)C4)cc3)nc2c1. The van der Waals surface area contributed by atoms with Crippen LogP contribution in [0.2, 0.25) is 0 Å². The summed E-state index contributed by atoms with van der Waals surface area (Å²) in [5.41, 5.74) is 1.92. The van der Waals surface area contributed by atoms with Gasteiger partial charge in [0.15, 0.2) is 5.13 Å². The van der Waals surface area contributed by atoms with Crippen molar-refractivity contribution in [3.8, 4) is 5.75 Å². The molecule has 1 fully saturated rings. The highest BCUT2D eigenvalue weighted by molar-refractivity contribution is 7.89. The molecular formula is C27H28N4O5S2. The number of carbonyl (C=O) groups is 1. The number of methoxy groups -OCH3 is 1. The summed E-state index contributed by atoms with van der Waals surface area (Å²) in [4.78, 5) is 24.4. The average molecular weight is 553 g/mol. The molecular weight excluding hydrogens is 524 g/mol. The van der Waals surface area contributed by atoms with Gasteiger partial charge in [0, 0.05) is 37.1 Å². The predicted molar refractivity (Wildman–Crippen MR) is 146 cm³/mol. The van der Waals surface area contributed by atoms with Crippen LogP contribution in [0.4, 0.5) is 5.13 Å². The number of aromatic nitrogens is 2. The van der Waals surface area contributed by atoms with E-state index in [9.17, 15) is 13.2 Å². The summed E-state index contributed by atoms with van der Waals surface area (Å²) in [6, 6.07) is 15.4. The van der Waals surface area contributed by atoms with Crippen LogP contribution < -0.4 is 9.64 Å². The second-order valence-electron chi connectivity index (χ2n) is 9.19. The third kappa shape index (κ3) is 5.41. The van der Waals surface area contributed by atoms with Crippen molar-refractivity contribution >= 4 is 42.6 Å². The molecule has 9 nitrogen and oxygen atoms in total. The lowest BCUT2D eigenvalue weighted by molar-refractivity contribution is -0.0440. The maximum atomic E-state index is 13.8. The van der Waals surface area contributed by atoms with Crippen LogP contribution in [0.1, 0.15) is 29.8 Å². The van der Waals surface area contributed by atoms with Gasteiger partial charge < -0.3 is 9.47 Å². The van der Waals surface area contributed by atoms with Gasteiger partial charge >= 0.3 is 0 Å². The van der Waals surface area contributed by atoms with Crippen molar-refractivity contribution in [2.75, 3.05) is 25.1 Å². The van der Waals surface area contributed by atoms with Crippen molar-refractivity contribution in [1.82, 2.24) is 14.3 Å². The van der Waals surface area contributed by atoms with Gasteiger partial charge in [0.2, 0.25) is 10.0 Å². The molecule has 0 radical (unpaired) electrons. The third-order valence-electron chi connectivity index (χ3n) is 6.25. The molecule has 3 heterocycles. The number of benzene rings is 2. The Morgan fingerprint density at radius 1 is 1.13 bits per heavy atom. The quantitative estimate of drug-likeness (QED) is 0.336. The zero-order chi connectivity index (χ0) is 26.9. The molecule has 0 N–H and O–H groups in total. The van der Waals surface area contributed by atoms with E-state index in [0.717, 1.165) is 15.8 Å². The second-order valence-corrected chi connectivity index (χ2v) is 12.1. The Morgan fingerprint density at radius 2 is 1.87 bits per heavy atom. The van der Waals surface area contributed by atoms with E-state index in [1.54, 1.807) is 36.5 Å². The number of hydrogen-bond acceptors (Lipinski definition) is 8. The smallest absolute Gasteiger partial charge is 0.260 e. The summed E-state index contributed by atoms with van der Waals surface area (Å²) in [5, 5.41) is 0.523. The Balaban J connectivity index is 1.45. The highest BCUT2D eigenvalue weighted by Gasteiger charge is 2.32. The summed E-state index contributed by atoms with van der Waals surface area (Å²) in [5.74, 6) is 0.387. The number of anilines is 1. The minimum absolute atomic E-state index is 0.140. The molecule has 2 aromatic heterocycles. The third-order valence-corrected chi connectivity index (χ3v) is 9.15. The normalized spacial score (nSPS) is 18.4. The van der Waals surface area contributed by atoms with Crippen LogP contribution in [0.3, 0.4) is 0 Å². The number of fused-ring (bicyclic) bond motifs is 1. The fraction of sp³-hybridized carbons (Fsp3) is 0.296. The average Bonchev–Trinajstić information content (AvgIpc) is 3.34. The van der Waals surface area contributed by atoms with Crippen molar-refractivity contribution in [2.24, 2.45) is 0 Å². The maximum absolute atomic E-state index is 13.8. The number of rotatable bonds is 7. The standard InChI is InChI=1S/C27H28N4O5S2/c1-18-15-30(16-19(2)36-18)38(33,34)23-9-6-21(7-10-23)26(32)31(17-20-5-4-12-28-14-20)27-29-24-13-22(35-3)8-11-25(24)37-27/h4-14,18-19H,15-17H2,1-3H3. The zero-order valence-corrected chi connectivity index (χ0v) is 22.9. The summed E-state index contributed by atoms with van der Waals surface area (Å²) >= 11 is 1.40. The topological polar surface area (TPSA) is 102 Å². The molecule has 1 aliphatic rings. The lowest BCUT2D eigenvalue weighted by Crippen LogP contribution is -2.48. The molecule has 1 saturated heterocycles. The Hall–Kier alpha value is -3.38. The fourth-order valence-electron chi connectivity index (χ4n) is 4.44. The number of ether oxygens (including phenoxy) is 2. The van der Waals surface area contributed by atoms with Crippen LogP contribution in [0.15, 0.2) is 71.9 Å². The molecule has 1 aliphatic heterocycles. The van der Waals surface area contributed by atoms with Crippen LogP contribution in [0, 0.1) is 0 Å². The molecule has 5 rings (SSSR count). The van der Waals surface area contributed by atoms with E-state index in [4.69, 9.17) is 14.5 Å². The molecule has 198 valence electrons. The number of sulfonamides is 1. The van der Waals surface area contributed by atoms with E-state index in [-0.39, 0.29) is 42.6 Å². The highest BCUT2D eigenvalue weighted by atomic mass is 32.2. The fourth-order valence-corrected chi connectivity index (χ4v) is 6.97. The molecule has 1 amide bonds. The molecule has 2 aromatic carbocycles. The molecule has 0 bridgehead atoms. The summed E-state index contributed by atoms with van der Waals surface area (Å²) in [7, 11) is -2.12. The van der Waals surface area contributed by atoms with Crippen molar-refractivity contribution in [1.29, 1.82) is 0 Å². The summed E-state index contributed by atoms with van der Waals surface area (Å²) in [6.07, 6.45) is 3.00. The first-order valence-corrected chi connectivity index (χ1v) is 14.4. The van der Waals surface area contributed by atoms with Crippen LogP contribution >= 0.6 is 11.3 Å². The van der Waals surface area contributed by atoms with Gasteiger partial charge in [-0.3, -0.25) is 14.7 Å². The first kappa shape index (κ1) is 26.2. The van der Waals surface area contributed by atoms with E-state index >= 15 is 0 Å². The van der Waals surface area contributed by atoms with Gasteiger partial charge in [0.05, 0.1) is 41.0 Å². The Morgan fingerprint density at radius 3 is 2.53 bits per heavy atom. The van der Waals surface area contributed by atoms with Gasteiger partial charge in [-0.25, -0.2) is 13.4 Å². The van der Waals surface area contributed by atoms with Gasteiger partial charge in [0.1, 0.15) is 5.75 Å². The Labute approximate surface area is 225 Å². The van der Waals surface area contributed by atoms with Gasteiger partial charge in [-0.05, 0) is 61.9 Å². The number of morpholine rings is 1. The predicted octanol–water partition coefficient (Wildman–Crippen LogP) is 4.34. The molecule has 0 spiro atoms. The van der Waals surface area contributed by atoms with Crippen LogP contribution in [0.25, 0.3) is 10.2 Å². The lowest BCUT2D eigenvalue weighted by Gasteiger charge is -2.34. The molecule has 0 aliphatic carbocycles. The monoisotopic (exact) mass is 552 g/mol. The number of thiazole rings is 1. The minimum Gasteiger partial charge on any atom is -0.497 e. The van der Waals surface area contributed by atoms with Crippen molar-refractivity contribution in [2.45, 2.75) is 37.5 Å². The largest absolute Gasteiger partial charge is 0.497 e. The summed E-state index contributed by atoms with van der Waals surface area (Å²) < 4.78 is 39.9. The lowest BCUT2D eigenvalue weighted by atomic mass is 10.2. The Bertz CT molecular complexity index is 1530. The second kappa shape index (κ2) is 10.8. The maximum Gasteiger partial charge on any atom is 0.260 e. The Kier molecular flexibility index (Phi) is 7.44. The van der Waals surface area contributed by atoms with Crippen molar-refractivity contribution in [3.63, 3.8) is 0 Å². The van der Waals surface area contributed by atoms with Crippen LogP contribution in [-0.4, -0.2) is 61.0 Å². The van der Waals surface area contributed by atoms with E-state index in [1.807, 2.05) is 44.2 Å². The van der Waals surface area contributed by atoms with Gasteiger partial charge in [-0.1, -0.05) is 17.4 Å². The minimum atomic E-state index is -3.72. The molecule has 38 heavy (non-hydrogen) atoms. The number of amides is 1. The first-order valence-electron chi connectivity index (χ1n) is 12.2. The summed E-state index contributed by atoms with van der Waals surface area (Å²) in [6.45, 7) is 4.54. The molecule has 11 heteroatoms. The van der Waals surface area contributed by atoms with Gasteiger partial charge in [-0.15, -0.1) is 0 Å². The van der Waals surface area contributed by atoms with Crippen LogP contribution in [-0.2, 0) is 21.3 Å². The van der Waals surface area contributed by atoms with E-state index in [1.165, 1.54) is 27.8 Å².